The normalized spacial score (nSPS) is 12.3. The second-order valence-electron chi connectivity index (χ2n) is 7.33. The molecule has 0 spiro atoms. The first-order valence-electron chi connectivity index (χ1n) is 8.30. The molecule has 0 unspecified atom stereocenters. The molecule has 1 aromatic heterocycles. The molecule has 130 valence electrons. The van der Waals surface area contributed by atoms with Crippen molar-refractivity contribution in [3.63, 3.8) is 0 Å². The molecule has 0 aliphatic carbocycles. The van der Waals surface area contributed by atoms with Gasteiger partial charge in [0.15, 0.2) is 0 Å². The highest BCUT2D eigenvalue weighted by Crippen LogP contribution is 2.28. The predicted molar refractivity (Wildman–Crippen MR) is 102 cm³/mol. The molecule has 0 aliphatic heterocycles. The Morgan fingerprint density at radius 3 is 2.00 bits per heavy atom. The Morgan fingerprint density at radius 2 is 1.44 bits per heavy atom. The largest absolute Gasteiger partial charge is 0.268 e. The summed E-state index contributed by atoms with van der Waals surface area (Å²) in [5, 5.41) is 0. The average molecular weight is 353 g/mol. The summed E-state index contributed by atoms with van der Waals surface area (Å²) in [6.07, 6.45) is 1.60. The van der Waals surface area contributed by atoms with Gasteiger partial charge in [0.25, 0.3) is 10.0 Å². The van der Waals surface area contributed by atoms with E-state index in [4.69, 9.17) is 0 Å². The van der Waals surface area contributed by atoms with Crippen LogP contribution in [0.25, 0.3) is 11.3 Å². The number of nitrogens with zero attached hydrogens (tertiary/aromatic N) is 1. The van der Waals surface area contributed by atoms with E-state index in [9.17, 15) is 8.42 Å². The van der Waals surface area contributed by atoms with E-state index >= 15 is 0 Å². The number of hydrogen-bond acceptors (Lipinski definition) is 2. The molecule has 0 aliphatic rings. The minimum Gasteiger partial charge on any atom is -0.241 e. The first-order valence-corrected chi connectivity index (χ1v) is 9.74. The van der Waals surface area contributed by atoms with Gasteiger partial charge in [-0.05, 0) is 47.7 Å². The maximum Gasteiger partial charge on any atom is 0.268 e. The lowest BCUT2D eigenvalue weighted by molar-refractivity contribution is 0.587. The van der Waals surface area contributed by atoms with E-state index in [1.807, 2.05) is 37.3 Å². The van der Waals surface area contributed by atoms with Crippen molar-refractivity contribution in [2.45, 2.75) is 38.0 Å². The molecule has 0 saturated carbocycles. The van der Waals surface area contributed by atoms with Gasteiger partial charge in [-0.1, -0.05) is 62.7 Å². The van der Waals surface area contributed by atoms with Gasteiger partial charge in [-0.3, -0.25) is 0 Å². The van der Waals surface area contributed by atoms with Crippen LogP contribution in [-0.4, -0.2) is 12.4 Å². The Balaban J connectivity index is 2.05. The van der Waals surface area contributed by atoms with E-state index in [0.29, 0.717) is 10.6 Å². The zero-order valence-electron chi connectivity index (χ0n) is 15.0. The summed E-state index contributed by atoms with van der Waals surface area (Å²) in [4.78, 5) is 0.293. The van der Waals surface area contributed by atoms with Crippen LogP contribution in [-0.2, 0) is 15.4 Å². The highest BCUT2D eigenvalue weighted by molar-refractivity contribution is 7.90. The van der Waals surface area contributed by atoms with Crippen LogP contribution in [0.15, 0.2) is 71.8 Å². The Morgan fingerprint density at radius 1 is 0.840 bits per heavy atom. The summed E-state index contributed by atoms with van der Waals surface area (Å²) in [6.45, 7) is 8.42. The zero-order chi connectivity index (χ0) is 18.2. The first kappa shape index (κ1) is 17.5. The number of aryl methyl sites for hydroxylation is 1. The van der Waals surface area contributed by atoms with Gasteiger partial charge in [0, 0.05) is 6.20 Å². The van der Waals surface area contributed by atoms with Gasteiger partial charge in [-0.15, -0.1) is 0 Å². The fourth-order valence-corrected chi connectivity index (χ4v) is 4.13. The SMILES string of the molecule is Cc1ccc(S(=O)(=O)n2cccc2-c2ccc(C(C)(C)C)cc2)cc1. The van der Waals surface area contributed by atoms with Crippen LogP contribution in [0, 0.1) is 6.92 Å². The van der Waals surface area contributed by atoms with Crippen LogP contribution in [0.2, 0.25) is 0 Å². The molecule has 25 heavy (non-hydrogen) atoms. The number of rotatable bonds is 3. The lowest BCUT2D eigenvalue weighted by Gasteiger charge is -2.19. The van der Waals surface area contributed by atoms with Crippen LogP contribution in [0.1, 0.15) is 31.9 Å². The van der Waals surface area contributed by atoms with E-state index in [2.05, 4.69) is 32.9 Å². The van der Waals surface area contributed by atoms with Crippen LogP contribution in [0.5, 0.6) is 0 Å². The minimum atomic E-state index is -3.61. The second-order valence-corrected chi connectivity index (χ2v) is 9.15. The minimum absolute atomic E-state index is 0.0640. The van der Waals surface area contributed by atoms with E-state index in [1.165, 1.54) is 9.54 Å². The highest BCUT2D eigenvalue weighted by atomic mass is 32.2. The average Bonchev–Trinajstić information content (AvgIpc) is 3.05. The third kappa shape index (κ3) is 3.40. The molecule has 1 heterocycles. The molecule has 3 nitrogen and oxygen atoms in total. The van der Waals surface area contributed by atoms with E-state index in [-0.39, 0.29) is 5.41 Å². The molecule has 2 aromatic carbocycles. The maximum atomic E-state index is 13.0. The zero-order valence-corrected chi connectivity index (χ0v) is 15.8. The van der Waals surface area contributed by atoms with Gasteiger partial charge in [0.1, 0.15) is 0 Å². The first-order chi connectivity index (χ1) is 11.7. The summed E-state index contributed by atoms with van der Waals surface area (Å²) >= 11 is 0. The molecule has 0 saturated heterocycles. The molecule has 0 fully saturated rings. The van der Waals surface area contributed by atoms with E-state index in [1.54, 1.807) is 24.4 Å². The lowest BCUT2D eigenvalue weighted by atomic mass is 9.86. The Labute approximate surface area is 150 Å². The van der Waals surface area contributed by atoms with Crippen LogP contribution < -0.4 is 0 Å². The Bertz CT molecular complexity index is 974. The van der Waals surface area contributed by atoms with Crippen molar-refractivity contribution < 1.29 is 8.42 Å². The molecule has 0 amide bonds. The van der Waals surface area contributed by atoms with E-state index in [0.717, 1.165) is 11.1 Å². The monoisotopic (exact) mass is 353 g/mol. The fourth-order valence-electron chi connectivity index (χ4n) is 2.76. The lowest BCUT2D eigenvalue weighted by Crippen LogP contribution is -2.13. The van der Waals surface area contributed by atoms with Gasteiger partial charge in [0.2, 0.25) is 0 Å². The molecule has 3 rings (SSSR count). The van der Waals surface area contributed by atoms with Crippen LogP contribution in [0.4, 0.5) is 0 Å². The summed E-state index contributed by atoms with van der Waals surface area (Å²) in [6, 6.07) is 18.6. The summed E-state index contributed by atoms with van der Waals surface area (Å²) in [7, 11) is -3.61. The van der Waals surface area contributed by atoms with Gasteiger partial charge in [-0.25, -0.2) is 12.4 Å². The van der Waals surface area contributed by atoms with Crippen molar-refractivity contribution in [1.82, 2.24) is 3.97 Å². The molecule has 4 heteroatoms. The van der Waals surface area contributed by atoms with Crippen molar-refractivity contribution in [2.24, 2.45) is 0 Å². The molecular weight excluding hydrogens is 330 g/mol. The number of benzene rings is 2. The fraction of sp³-hybridized carbons (Fsp3) is 0.238. The van der Waals surface area contributed by atoms with Gasteiger partial charge >= 0.3 is 0 Å². The standard InChI is InChI=1S/C21H23NO2S/c1-16-7-13-19(14-8-16)25(23,24)22-15-5-6-20(22)17-9-11-18(12-10-17)21(2,3)4/h5-15H,1-4H3. The predicted octanol–water partition coefficient (Wildman–Crippen LogP) is 5.00. The number of hydrogen-bond donors (Lipinski definition) is 0. The third-order valence-electron chi connectivity index (χ3n) is 4.34. The van der Waals surface area contributed by atoms with Gasteiger partial charge in [0.05, 0.1) is 10.6 Å². The Kier molecular flexibility index (Phi) is 4.33. The molecular formula is C21H23NO2S. The van der Waals surface area contributed by atoms with Gasteiger partial charge < -0.3 is 0 Å². The quantitative estimate of drug-likeness (QED) is 0.665. The Hall–Kier alpha value is -2.33. The smallest absolute Gasteiger partial charge is 0.241 e. The van der Waals surface area contributed by atoms with Crippen molar-refractivity contribution in [2.75, 3.05) is 0 Å². The van der Waals surface area contributed by atoms with Crippen molar-refractivity contribution in [3.8, 4) is 11.3 Å². The molecule has 0 N–H and O–H groups in total. The summed E-state index contributed by atoms with van der Waals surface area (Å²) in [5.41, 5.74) is 3.86. The molecule has 3 aromatic rings. The third-order valence-corrected chi connectivity index (χ3v) is 6.04. The molecule has 0 bridgehead atoms. The summed E-state index contributed by atoms with van der Waals surface area (Å²) < 4.78 is 27.3. The van der Waals surface area contributed by atoms with Crippen molar-refractivity contribution >= 4 is 10.0 Å². The van der Waals surface area contributed by atoms with Gasteiger partial charge in [-0.2, -0.15) is 0 Å². The molecule has 0 radical (unpaired) electrons. The van der Waals surface area contributed by atoms with Crippen molar-refractivity contribution in [3.05, 3.63) is 78.0 Å². The van der Waals surface area contributed by atoms with Crippen LogP contribution >= 0.6 is 0 Å². The maximum absolute atomic E-state index is 13.0. The van der Waals surface area contributed by atoms with Crippen LogP contribution in [0.3, 0.4) is 0 Å². The summed E-state index contributed by atoms with van der Waals surface area (Å²) in [5.74, 6) is 0. The number of aromatic nitrogens is 1. The second kappa shape index (κ2) is 6.19. The highest BCUT2D eigenvalue weighted by Gasteiger charge is 2.20. The van der Waals surface area contributed by atoms with Crippen molar-refractivity contribution in [1.29, 1.82) is 0 Å². The van der Waals surface area contributed by atoms with E-state index < -0.39 is 10.0 Å². The molecule has 0 atom stereocenters. The topological polar surface area (TPSA) is 39.1 Å².